The van der Waals surface area contributed by atoms with E-state index in [4.69, 9.17) is 0 Å². The summed E-state index contributed by atoms with van der Waals surface area (Å²) >= 11 is 0. The Morgan fingerprint density at radius 1 is 1.11 bits per heavy atom. The van der Waals surface area contributed by atoms with Crippen LogP contribution >= 0.6 is 0 Å². The van der Waals surface area contributed by atoms with E-state index in [1.165, 1.54) is 33.8 Å². The molecule has 1 atom stereocenters. The molecule has 2 heteroatoms. The minimum atomic E-state index is 0.612. The van der Waals surface area contributed by atoms with Crippen molar-refractivity contribution in [1.82, 2.24) is 9.55 Å². The van der Waals surface area contributed by atoms with Gasteiger partial charge >= 0.3 is 0 Å². The SMILES string of the molecule is CCC(C)c1ccc2c(c1)c1cnccc1n2CC. The lowest BCUT2D eigenvalue weighted by atomic mass is 9.97. The van der Waals surface area contributed by atoms with Crippen molar-refractivity contribution in [2.45, 2.75) is 39.7 Å². The molecule has 19 heavy (non-hydrogen) atoms. The van der Waals surface area contributed by atoms with Gasteiger partial charge in [-0.1, -0.05) is 19.9 Å². The Bertz CT molecular complexity index is 725. The first-order valence-corrected chi connectivity index (χ1v) is 7.12. The molecule has 0 aliphatic rings. The Labute approximate surface area is 114 Å². The molecule has 98 valence electrons. The number of hydrogen-bond donors (Lipinski definition) is 0. The fourth-order valence-electron chi connectivity index (χ4n) is 2.85. The van der Waals surface area contributed by atoms with Crippen molar-refractivity contribution in [3.63, 3.8) is 0 Å². The van der Waals surface area contributed by atoms with Crippen LogP contribution in [0, 0.1) is 0 Å². The van der Waals surface area contributed by atoms with E-state index in [2.05, 4.69) is 54.6 Å². The second kappa shape index (κ2) is 4.69. The summed E-state index contributed by atoms with van der Waals surface area (Å²) in [6, 6.07) is 9.00. The molecule has 1 aromatic carbocycles. The normalized spacial score (nSPS) is 13.2. The van der Waals surface area contributed by atoms with Crippen LogP contribution in [0.15, 0.2) is 36.7 Å². The number of benzene rings is 1. The van der Waals surface area contributed by atoms with Crippen LogP contribution in [0.1, 0.15) is 38.7 Å². The standard InChI is InChI=1S/C17H20N2/c1-4-12(3)13-6-7-16-14(10-13)15-11-18-9-8-17(15)19(16)5-2/h6-12H,4-5H2,1-3H3. The summed E-state index contributed by atoms with van der Waals surface area (Å²) in [5, 5.41) is 2.60. The van der Waals surface area contributed by atoms with E-state index in [-0.39, 0.29) is 0 Å². The molecule has 1 unspecified atom stereocenters. The van der Waals surface area contributed by atoms with Gasteiger partial charge in [0, 0.05) is 35.2 Å². The Hall–Kier alpha value is -1.83. The number of rotatable bonds is 3. The molecule has 0 amide bonds. The highest BCUT2D eigenvalue weighted by Crippen LogP contribution is 2.31. The first kappa shape index (κ1) is 12.2. The molecule has 2 aromatic heterocycles. The van der Waals surface area contributed by atoms with Gasteiger partial charge in [-0.15, -0.1) is 0 Å². The predicted molar refractivity (Wildman–Crippen MR) is 81.6 cm³/mol. The lowest BCUT2D eigenvalue weighted by Crippen LogP contribution is -1.94. The lowest BCUT2D eigenvalue weighted by molar-refractivity contribution is 0.734. The zero-order valence-corrected chi connectivity index (χ0v) is 11.9. The number of pyridine rings is 1. The molecule has 0 bridgehead atoms. The lowest BCUT2D eigenvalue weighted by Gasteiger charge is -2.09. The molecule has 3 rings (SSSR count). The maximum Gasteiger partial charge on any atom is 0.0522 e. The van der Waals surface area contributed by atoms with Crippen LogP contribution in [0.2, 0.25) is 0 Å². The Kier molecular flexibility index (Phi) is 3.02. The zero-order chi connectivity index (χ0) is 13.4. The Morgan fingerprint density at radius 2 is 1.89 bits per heavy atom. The molecule has 0 fully saturated rings. The van der Waals surface area contributed by atoms with Crippen LogP contribution in [0.4, 0.5) is 0 Å². The molecule has 0 aliphatic carbocycles. The monoisotopic (exact) mass is 252 g/mol. The summed E-state index contributed by atoms with van der Waals surface area (Å²) in [6.07, 6.45) is 5.04. The highest BCUT2D eigenvalue weighted by Gasteiger charge is 2.11. The van der Waals surface area contributed by atoms with E-state index >= 15 is 0 Å². The van der Waals surface area contributed by atoms with Gasteiger partial charge < -0.3 is 4.57 Å². The van der Waals surface area contributed by atoms with Gasteiger partial charge in [0.2, 0.25) is 0 Å². The van der Waals surface area contributed by atoms with Crippen LogP contribution in [0.5, 0.6) is 0 Å². The van der Waals surface area contributed by atoms with E-state index in [0.29, 0.717) is 5.92 Å². The average Bonchev–Trinajstić information content (AvgIpc) is 2.79. The summed E-state index contributed by atoms with van der Waals surface area (Å²) < 4.78 is 2.37. The molecular formula is C17H20N2. The van der Waals surface area contributed by atoms with Crippen molar-refractivity contribution in [3.05, 3.63) is 42.2 Å². The number of aryl methyl sites for hydroxylation is 1. The molecule has 2 nitrogen and oxygen atoms in total. The van der Waals surface area contributed by atoms with Gasteiger partial charge in [-0.2, -0.15) is 0 Å². The third-order valence-corrected chi connectivity index (χ3v) is 4.19. The topological polar surface area (TPSA) is 17.8 Å². The van der Waals surface area contributed by atoms with Crippen LogP contribution in [0.25, 0.3) is 21.8 Å². The molecule has 3 aromatic rings. The summed E-state index contributed by atoms with van der Waals surface area (Å²) in [5.74, 6) is 0.612. The van der Waals surface area contributed by atoms with E-state index in [0.717, 1.165) is 6.54 Å². The average molecular weight is 252 g/mol. The maximum absolute atomic E-state index is 4.29. The number of fused-ring (bicyclic) bond motifs is 3. The Balaban J connectivity index is 2.36. The van der Waals surface area contributed by atoms with Gasteiger partial charge in [0.1, 0.15) is 0 Å². The second-order valence-corrected chi connectivity index (χ2v) is 5.22. The quantitative estimate of drug-likeness (QED) is 0.659. The summed E-state index contributed by atoms with van der Waals surface area (Å²) in [6.45, 7) is 7.72. The van der Waals surface area contributed by atoms with Gasteiger partial charge in [0.15, 0.2) is 0 Å². The van der Waals surface area contributed by atoms with E-state index in [9.17, 15) is 0 Å². The van der Waals surface area contributed by atoms with Crippen molar-refractivity contribution in [2.75, 3.05) is 0 Å². The van der Waals surface area contributed by atoms with E-state index < -0.39 is 0 Å². The molecule has 2 heterocycles. The predicted octanol–water partition coefficient (Wildman–Crippen LogP) is 4.72. The largest absolute Gasteiger partial charge is 0.341 e. The van der Waals surface area contributed by atoms with Crippen molar-refractivity contribution in [1.29, 1.82) is 0 Å². The Morgan fingerprint density at radius 3 is 2.63 bits per heavy atom. The minimum Gasteiger partial charge on any atom is -0.341 e. The third-order valence-electron chi connectivity index (χ3n) is 4.19. The molecular weight excluding hydrogens is 232 g/mol. The van der Waals surface area contributed by atoms with Crippen molar-refractivity contribution < 1.29 is 0 Å². The first-order valence-electron chi connectivity index (χ1n) is 7.12. The fraction of sp³-hybridized carbons (Fsp3) is 0.353. The molecule has 0 N–H and O–H groups in total. The van der Waals surface area contributed by atoms with Crippen molar-refractivity contribution in [3.8, 4) is 0 Å². The smallest absolute Gasteiger partial charge is 0.0522 e. The number of hydrogen-bond acceptors (Lipinski definition) is 1. The zero-order valence-electron chi connectivity index (χ0n) is 11.9. The van der Waals surface area contributed by atoms with Crippen LogP contribution < -0.4 is 0 Å². The number of aromatic nitrogens is 2. The van der Waals surface area contributed by atoms with Crippen molar-refractivity contribution >= 4 is 21.8 Å². The van der Waals surface area contributed by atoms with Gasteiger partial charge in [-0.05, 0) is 43.0 Å². The molecule has 0 spiro atoms. The maximum atomic E-state index is 4.29. The molecule has 0 radical (unpaired) electrons. The third kappa shape index (κ3) is 1.83. The van der Waals surface area contributed by atoms with Gasteiger partial charge in [-0.25, -0.2) is 0 Å². The van der Waals surface area contributed by atoms with Gasteiger partial charge in [0.05, 0.1) is 5.52 Å². The summed E-state index contributed by atoms with van der Waals surface area (Å²) in [4.78, 5) is 4.29. The van der Waals surface area contributed by atoms with E-state index in [1.54, 1.807) is 0 Å². The fourth-order valence-corrected chi connectivity index (χ4v) is 2.85. The van der Waals surface area contributed by atoms with Crippen LogP contribution in [-0.4, -0.2) is 9.55 Å². The highest BCUT2D eigenvalue weighted by molar-refractivity contribution is 6.07. The minimum absolute atomic E-state index is 0.612. The molecule has 0 saturated carbocycles. The highest BCUT2D eigenvalue weighted by atomic mass is 15.0. The van der Waals surface area contributed by atoms with E-state index in [1.807, 2.05) is 12.4 Å². The van der Waals surface area contributed by atoms with Crippen molar-refractivity contribution in [2.24, 2.45) is 0 Å². The van der Waals surface area contributed by atoms with Crippen LogP contribution in [0.3, 0.4) is 0 Å². The second-order valence-electron chi connectivity index (χ2n) is 5.22. The summed E-state index contributed by atoms with van der Waals surface area (Å²) in [5.41, 5.74) is 4.03. The summed E-state index contributed by atoms with van der Waals surface area (Å²) in [7, 11) is 0. The van der Waals surface area contributed by atoms with Gasteiger partial charge in [0.25, 0.3) is 0 Å². The van der Waals surface area contributed by atoms with Crippen LogP contribution in [-0.2, 0) is 6.54 Å². The van der Waals surface area contributed by atoms with Gasteiger partial charge in [-0.3, -0.25) is 4.98 Å². The molecule has 0 saturated heterocycles. The first-order chi connectivity index (χ1) is 9.26. The number of nitrogens with zero attached hydrogens (tertiary/aromatic N) is 2. The molecule has 0 aliphatic heterocycles.